The van der Waals surface area contributed by atoms with E-state index in [2.05, 4.69) is 27.8 Å². The Balaban J connectivity index is 1.81. The lowest BCUT2D eigenvalue weighted by molar-refractivity contribution is -0.132. The van der Waals surface area contributed by atoms with Crippen LogP contribution in [0.5, 0.6) is 0 Å². The number of amides is 1. The first-order valence-corrected chi connectivity index (χ1v) is 8.69. The van der Waals surface area contributed by atoms with Crippen molar-refractivity contribution in [1.82, 2.24) is 4.90 Å². The fourth-order valence-corrected chi connectivity index (χ4v) is 4.53. The van der Waals surface area contributed by atoms with E-state index >= 15 is 0 Å². The summed E-state index contributed by atoms with van der Waals surface area (Å²) in [4.78, 5) is 15.0. The largest absolute Gasteiger partial charge is 0.342 e. The van der Waals surface area contributed by atoms with Crippen LogP contribution in [-0.2, 0) is 4.79 Å². The van der Waals surface area contributed by atoms with Crippen molar-refractivity contribution >= 4 is 33.6 Å². The van der Waals surface area contributed by atoms with E-state index in [9.17, 15) is 4.79 Å². The van der Waals surface area contributed by atoms with Crippen molar-refractivity contribution in [2.24, 2.45) is 5.92 Å². The second-order valence-corrected chi connectivity index (χ2v) is 7.95. The molecule has 4 heteroatoms. The average Bonchev–Trinajstić information content (AvgIpc) is 2.39. The highest BCUT2D eigenvalue weighted by Gasteiger charge is 2.30. The molecule has 0 aromatic carbocycles. The number of piperidine rings is 1. The third-order valence-electron chi connectivity index (χ3n) is 3.96. The highest BCUT2D eigenvalue weighted by molar-refractivity contribution is 9.09. The van der Waals surface area contributed by atoms with Gasteiger partial charge in [-0.3, -0.25) is 4.79 Å². The molecular formula is C13H22BrNOS. The minimum absolute atomic E-state index is 0.265. The minimum Gasteiger partial charge on any atom is -0.342 e. The third kappa shape index (κ3) is 3.63. The van der Waals surface area contributed by atoms with Gasteiger partial charge in [-0.05, 0) is 37.4 Å². The molecule has 2 unspecified atom stereocenters. The maximum atomic E-state index is 12.3. The summed E-state index contributed by atoms with van der Waals surface area (Å²) in [5.74, 6) is 2.33. The summed E-state index contributed by atoms with van der Waals surface area (Å²) >= 11 is 5.53. The summed E-state index contributed by atoms with van der Waals surface area (Å²) in [6, 6.07) is 0. The van der Waals surface area contributed by atoms with Gasteiger partial charge in [0, 0.05) is 17.9 Å². The molecule has 2 aliphatic heterocycles. The van der Waals surface area contributed by atoms with Crippen molar-refractivity contribution < 1.29 is 4.79 Å². The second kappa shape index (κ2) is 6.46. The lowest BCUT2D eigenvalue weighted by atomic mass is 9.94. The van der Waals surface area contributed by atoms with Crippen LogP contribution < -0.4 is 0 Å². The summed E-state index contributed by atoms with van der Waals surface area (Å²) < 4.78 is 0. The van der Waals surface area contributed by atoms with Crippen molar-refractivity contribution in [2.45, 2.75) is 49.1 Å². The predicted molar refractivity (Wildman–Crippen MR) is 77.8 cm³/mol. The highest BCUT2D eigenvalue weighted by Crippen LogP contribution is 2.30. The average molecular weight is 320 g/mol. The van der Waals surface area contributed by atoms with Gasteiger partial charge in [0.25, 0.3) is 0 Å². The van der Waals surface area contributed by atoms with E-state index in [4.69, 9.17) is 0 Å². The second-order valence-electron chi connectivity index (χ2n) is 5.20. The number of likely N-dealkylation sites (tertiary alicyclic amines) is 1. The van der Waals surface area contributed by atoms with Crippen LogP contribution in [0.3, 0.4) is 0 Å². The van der Waals surface area contributed by atoms with E-state index in [0.717, 1.165) is 38.3 Å². The predicted octanol–water partition coefficient (Wildman–Crippen LogP) is 3.29. The summed E-state index contributed by atoms with van der Waals surface area (Å²) in [7, 11) is 0. The lowest BCUT2D eigenvalue weighted by Gasteiger charge is -2.35. The van der Waals surface area contributed by atoms with Crippen molar-refractivity contribution in [3.8, 4) is 0 Å². The van der Waals surface area contributed by atoms with Crippen LogP contribution in [0.25, 0.3) is 0 Å². The fraction of sp³-hybridized carbons (Fsp3) is 0.923. The van der Waals surface area contributed by atoms with E-state index in [0.29, 0.717) is 10.7 Å². The van der Waals surface area contributed by atoms with Crippen LogP contribution in [0.4, 0.5) is 0 Å². The smallest absolute Gasteiger partial charge is 0.235 e. The zero-order chi connectivity index (χ0) is 12.3. The highest BCUT2D eigenvalue weighted by atomic mass is 79.9. The number of carbonyl (C=O) groups excluding carboxylic acids is 1. The Labute approximate surface area is 117 Å². The quantitative estimate of drug-likeness (QED) is 0.728. The number of thioether (sulfide) groups is 1. The van der Waals surface area contributed by atoms with E-state index in [-0.39, 0.29) is 5.25 Å². The first kappa shape index (κ1) is 13.7. The van der Waals surface area contributed by atoms with Gasteiger partial charge in [-0.1, -0.05) is 29.3 Å². The summed E-state index contributed by atoms with van der Waals surface area (Å²) in [6.45, 7) is 4.16. The van der Waals surface area contributed by atoms with Gasteiger partial charge in [0.1, 0.15) is 0 Å². The van der Waals surface area contributed by atoms with Gasteiger partial charge in [0.2, 0.25) is 5.91 Å². The number of carbonyl (C=O) groups is 1. The Morgan fingerprint density at radius 2 is 2.00 bits per heavy atom. The number of halogens is 1. The molecule has 2 heterocycles. The maximum Gasteiger partial charge on any atom is 0.235 e. The zero-order valence-corrected chi connectivity index (χ0v) is 12.9. The first-order valence-electron chi connectivity index (χ1n) is 6.73. The summed E-state index contributed by atoms with van der Waals surface area (Å²) in [5, 5.41) is 0.265. The summed E-state index contributed by atoms with van der Waals surface area (Å²) in [5.41, 5.74) is 0. The molecule has 2 nitrogen and oxygen atoms in total. The molecule has 0 aromatic heterocycles. The van der Waals surface area contributed by atoms with Crippen molar-refractivity contribution in [3.05, 3.63) is 0 Å². The SMILES string of the molecule is CC(Br)C1CCN(C(=O)C2CCCCS2)CC1. The molecule has 2 saturated heterocycles. The molecule has 2 rings (SSSR count). The van der Waals surface area contributed by atoms with Crippen molar-refractivity contribution in [1.29, 1.82) is 0 Å². The molecule has 0 saturated carbocycles. The summed E-state index contributed by atoms with van der Waals surface area (Å²) in [6.07, 6.45) is 5.94. The van der Waals surface area contributed by atoms with Gasteiger partial charge < -0.3 is 4.90 Å². The van der Waals surface area contributed by atoms with Crippen LogP contribution in [0.2, 0.25) is 0 Å². The molecule has 2 fully saturated rings. The maximum absolute atomic E-state index is 12.3. The zero-order valence-electron chi connectivity index (χ0n) is 10.5. The number of hydrogen-bond donors (Lipinski definition) is 0. The lowest BCUT2D eigenvalue weighted by Crippen LogP contribution is -2.44. The van der Waals surface area contributed by atoms with E-state index in [1.165, 1.54) is 18.6 Å². The standard InChI is InChI=1S/C13H22BrNOS/c1-10(14)11-5-7-15(8-6-11)13(16)12-4-2-3-9-17-12/h10-12H,2-9H2,1H3. The number of hydrogen-bond acceptors (Lipinski definition) is 2. The first-order chi connectivity index (χ1) is 8.18. The Bertz CT molecular complexity index is 258. The molecule has 98 valence electrons. The van der Waals surface area contributed by atoms with E-state index in [1.807, 2.05) is 11.8 Å². The molecule has 0 bridgehead atoms. The normalized spacial score (nSPS) is 29.1. The Kier molecular flexibility index (Phi) is 5.22. The number of rotatable bonds is 2. The monoisotopic (exact) mass is 319 g/mol. The van der Waals surface area contributed by atoms with Crippen LogP contribution in [0.1, 0.15) is 39.0 Å². The van der Waals surface area contributed by atoms with E-state index < -0.39 is 0 Å². The molecule has 2 aliphatic rings. The van der Waals surface area contributed by atoms with Gasteiger partial charge in [-0.2, -0.15) is 0 Å². The van der Waals surface area contributed by atoms with E-state index in [1.54, 1.807) is 0 Å². The molecule has 0 aromatic rings. The van der Waals surface area contributed by atoms with Gasteiger partial charge >= 0.3 is 0 Å². The Morgan fingerprint density at radius 1 is 1.29 bits per heavy atom. The van der Waals surface area contributed by atoms with Gasteiger partial charge in [0.05, 0.1) is 5.25 Å². The fourth-order valence-electron chi connectivity index (χ4n) is 2.72. The van der Waals surface area contributed by atoms with Crippen molar-refractivity contribution in [3.63, 3.8) is 0 Å². The molecule has 1 amide bonds. The van der Waals surface area contributed by atoms with Crippen LogP contribution >= 0.6 is 27.7 Å². The Morgan fingerprint density at radius 3 is 2.53 bits per heavy atom. The third-order valence-corrected chi connectivity index (χ3v) is 6.07. The van der Waals surface area contributed by atoms with Crippen LogP contribution in [0.15, 0.2) is 0 Å². The topological polar surface area (TPSA) is 20.3 Å². The molecular weight excluding hydrogens is 298 g/mol. The van der Waals surface area contributed by atoms with Gasteiger partial charge in [0.15, 0.2) is 0 Å². The molecule has 0 spiro atoms. The minimum atomic E-state index is 0.265. The molecule has 2 atom stereocenters. The number of nitrogens with zero attached hydrogens (tertiary/aromatic N) is 1. The van der Waals surface area contributed by atoms with Crippen molar-refractivity contribution in [2.75, 3.05) is 18.8 Å². The molecule has 0 radical (unpaired) electrons. The van der Waals surface area contributed by atoms with Crippen LogP contribution in [-0.4, -0.2) is 39.7 Å². The molecule has 0 aliphatic carbocycles. The number of alkyl halides is 1. The Hall–Kier alpha value is 0.300. The van der Waals surface area contributed by atoms with Gasteiger partial charge in [-0.25, -0.2) is 0 Å². The van der Waals surface area contributed by atoms with Crippen LogP contribution in [0, 0.1) is 5.92 Å². The van der Waals surface area contributed by atoms with Gasteiger partial charge in [-0.15, -0.1) is 11.8 Å². The molecule has 0 N–H and O–H groups in total. The molecule has 17 heavy (non-hydrogen) atoms.